The molecule has 1 aliphatic heterocycles. The zero-order valence-corrected chi connectivity index (χ0v) is 16.0. The summed E-state index contributed by atoms with van der Waals surface area (Å²) in [5.74, 6) is 2.10. The van der Waals surface area contributed by atoms with Crippen LogP contribution in [0.1, 0.15) is 31.9 Å². The Balaban J connectivity index is 1.59. The number of thiazole rings is 1. The maximum atomic E-state index is 12.1. The van der Waals surface area contributed by atoms with Crippen LogP contribution in [-0.2, 0) is 4.79 Å². The first-order valence-electron chi connectivity index (χ1n) is 8.86. The number of unbranched alkanes of at least 4 members (excludes halogenated alkanes) is 1. The van der Waals surface area contributed by atoms with Crippen molar-refractivity contribution in [3.05, 3.63) is 35.3 Å². The molecule has 0 saturated heterocycles. The lowest BCUT2D eigenvalue weighted by Gasteiger charge is -2.06. The van der Waals surface area contributed by atoms with Gasteiger partial charge >= 0.3 is 0 Å². The summed E-state index contributed by atoms with van der Waals surface area (Å²) < 4.78 is 12.5. The first kappa shape index (κ1) is 17.5. The van der Waals surface area contributed by atoms with Gasteiger partial charge < -0.3 is 14.8 Å². The summed E-state index contributed by atoms with van der Waals surface area (Å²) in [5.41, 5.74) is 2.59. The minimum atomic E-state index is -0.00875. The third kappa shape index (κ3) is 3.66. The van der Waals surface area contributed by atoms with E-state index in [-0.39, 0.29) is 12.7 Å². The fraction of sp³-hybridized carbons (Fsp3) is 0.316. The van der Waals surface area contributed by atoms with E-state index in [9.17, 15) is 4.79 Å². The lowest BCUT2D eigenvalue weighted by atomic mass is 10.1. The minimum absolute atomic E-state index is 0.00875. The van der Waals surface area contributed by atoms with Crippen LogP contribution in [0.3, 0.4) is 0 Å². The van der Waals surface area contributed by atoms with Crippen LogP contribution in [0.2, 0.25) is 0 Å². The van der Waals surface area contributed by atoms with Gasteiger partial charge in [0.1, 0.15) is 5.82 Å². The largest absolute Gasteiger partial charge is 0.454 e. The molecule has 0 spiro atoms. The number of nitrogens with zero attached hydrogens (tertiary/aromatic N) is 3. The van der Waals surface area contributed by atoms with Crippen LogP contribution in [0.5, 0.6) is 11.5 Å². The molecule has 3 aromatic rings. The number of nitrogens with one attached hydrogen (secondary N) is 1. The maximum absolute atomic E-state index is 12.1. The quantitative estimate of drug-likeness (QED) is 0.690. The Hall–Kier alpha value is -2.87. The van der Waals surface area contributed by atoms with E-state index in [1.807, 2.05) is 36.6 Å². The van der Waals surface area contributed by atoms with Gasteiger partial charge in [0, 0.05) is 23.4 Å². The van der Waals surface area contributed by atoms with Gasteiger partial charge in [0.2, 0.25) is 17.8 Å². The number of aromatic nitrogens is 3. The predicted octanol–water partition coefficient (Wildman–Crippen LogP) is 4.16. The highest BCUT2D eigenvalue weighted by Gasteiger charge is 2.17. The van der Waals surface area contributed by atoms with Crippen molar-refractivity contribution in [2.24, 2.45) is 0 Å². The van der Waals surface area contributed by atoms with Crippen molar-refractivity contribution in [3.63, 3.8) is 0 Å². The van der Waals surface area contributed by atoms with Crippen LogP contribution in [0.25, 0.3) is 16.4 Å². The Morgan fingerprint density at radius 3 is 3.00 bits per heavy atom. The molecule has 0 radical (unpaired) electrons. The molecule has 1 N–H and O–H groups in total. The van der Waals surface area contributed by atoms with E-state index < -0.39 is 0 Å². The van der Waals surface area contributed by atoms with E-state index in [0.29, 0.717) is 17.4 Å². The number of amides is 1. The highest BCUT2D eigenvalue weighted by Crippen LogP contribution is 2.36. The van der Waals surface area contributed by atoms with Gasteiger partial charge in [0.05, 0.1) is 11.4 Å². The van der Waals surface area contributed by atoms with Crippen molar-refractivity contribution < 1.29 is 14.3 Å². The van der Waals surface area contributed by atoms with Crippen molar-refractivity contribution in [2.75, 3.05) is 12.1 Å². The van der Waals surface area contributed by atoms with Gasteiger partial charge in [0.15, 0.2) is 11.5 Å². The second kappa shape index (κ2) is 7.40. The Labute approximate surface area is 161 Å². The second-order valence-corrected chi connectivity index (χ2v) is 7.15. The molecule has 0 bridgehead atoms. The molecule has 2 aromatic heterocycles. The Morgan fingerprint density at radius 1 is 1.30 bits per heavy atom. The highest BCUT2D eigenvalue weighted by molar-refractivity contribution is 7.12. The smallest absolute Gasteiger partial charge is 0.231 e. The van der Waals surface area contributed by atoms with Crippen molar-refractivity contribution in [1.29, 1.82) is 0 Å². The summed E-state index contributed by atoms with van der Waals surface area (Å²) in [4.78, 5) is 16.8. The number of aryl methyl sites for hydroxylation is 1. The van der Waals surface area contributed by atoms with Crippen LogP contribution in [-0.4, -0.2) is 27.5 Å². The molecule has 140 valence electrons. The van der Waals surface area contributed by atoms with Gasteiger partial charge in [-0.2, -0.15) is 9.78 Å². The topological polar surface area (TPSA) is 78.3 Å². The lowest BCUT2D eigenvalue weighted by Crippen LogP contribution is -2.14. The number of fused-ring (bicyclic) bond motifs is 1. The van der Waals surface area contributed by atoms with Gasteiger partial charge in [-0.15, -0.1) is 11.3 Å². The molecule has 0 aliphatic carbocycles. The van der Waals surface area contributed by atoms with Gasteiger partial charge in [-0.25, -0.2) is 4.98 Å². The minimum Gasteiger partial charge on any atom is -0.454 e. The molecule has 0 saturated carbocycles. The molecule has 27 heavy (non-hydrogen) atoms. The molecule has 4 rings (SSSR count). The van der Waals surface area contributed by atoms with Crippen LogP contribution in [0, 0.1) is 6.92 Å². The molecule has 1 amide bonds. The number of anilines is 1. The van der Waals surface area contributed by atoms with E-state index in [1.54, 1.807) is 4.68 Å². The van der Waals surface area contributed by atoms with Gasteiger partial charge in [-0.05, 0) is 31.5 Å². The zero-order chi connectivity index (χ0) is 18.8. The average Bonchev–Trinajstić information content (AvgIpc) is 3.38. The Kier molecular flexibility index (Phi) is 4.81. The van der Waals surface area contributed by atoms with Gasteiger partial charge in [-0.3, -0.25) is 4.79 Å². The number of rotatable bonds is 6. The van der Waals surface area contributed by atoms with E-state index in [2.05, 4.69) is 17.3 Å². The van der Waals surface area contributed by atoms with Crippen molar-refractivity contribution in [3.8, 4) is 27.9 Å². The van der Waals surface area contributed by atoms with E-state index in [1.165, 1.54) is 11.3 Å². The fourth-order valence-electron chi connectivity index (χ4n) is 2.83. The molecule has 7 nitrogen and oxygen atoms in total. The summed E-state index contributed by atoms with van der Waals surface area (Å²) in [6.07, 6.45) is 2.35. The lowest BCUT2D eigenvalue weighted by molar-refractivity contribution is -0.116. The van der Waals surface area contributed by atoms with E-state index >= 15 is 0 Å². The van der Waals surface area contributed by atoms with Crippen LogP contribution < -0.4 is 14.8 Å². The number of carbonyl (C=O) groups excluding carboxylic acids is 1. The molecule has 1 aromatic carbocycles. The maximum Gasteiger partial charge on any atom is 0.231 e. The van der Waals surface area contributed by atoms with Crippen LogP contribution >= 0.6 is 11.3 Å². The first-order chi connectivity index (χ1) is 13.1. The standard InChI is InChI=1S/C19H20N4O3S/c1-3-4-5-18(24)21-17-8-12(2)22-23(17)19-20-14(10-27-19)13-6-7-15-16(9-13)26-11-25-15/h6-10H,3-5,11H2,1-2H3,(H,21,24). The first-order valence-corrected chi connectivity index (χ1v) is 9.74. The monoisotopic (exact) mass is 384 g/mol. The summed E-state index contributed by atoms with van der Waals surface area (Å²) in [5, 5.41) is 10.1. The van der Waals surface area contributed by atoms with Crippen LogP contribution in [0.4, 0.5) is 5.82 Å². The fourth-order valence-corrected chi connectivity index (χ4v) is 3.62. The molecular formula is C19H20N4O3S. The van der Waals surface area contributed by atoms with Crippen molar-refractivity contribution in [1.82, 2.24) is 14.8 Å². The third-order valence-electron chi connectivity index (χ3n) is 4.20. The third-order valence-corrected chi connectivity index (χ3v) is 5.01. The highest BCUT2D eigenvalue weighted by atomic mass is 32.1. The zero-order valence-electron chi connectivity index (χ0n) is 15.2. The molecule has 1 aliphatic rings. The number of hydrogen-bond donors (Lipinski definition) is 1. The number of ether oxygens (including phenoxy) is 2. The number of benzene rings is 1. The Bertz CT molecular complexity index is 979. The molecule has 3 heterocycles. The summed E-state index contributed by atoms with van der Waals surface area (Å²) >= 11 is 1.47. The second-order valence-electron chi connectivity index (χ2n) is 6.32. The SMILES string of the molecule is CCCCC(=O)Nc1cc(C)nn1-c1nc(-c2ccc3c(c2)OCO3)cs1. The molecule has 0 fully saturated rings. The average molecular weight is 384 g/mol. The van der Waals surface area contributed by atoms with Crippen molar-refractivity contribution in [2.45, 2.75) is 33.1 Å². The number of hydrogen-bond acceptors (Lipinski definition) is 6. The Morgan fingerprint density at radius 2 is 2.15 bits per heavy atom. The number of carbonyl (C=O) groups is 1. The summed E-state index contributed by atoms with van der Waals surface area (Å²) in [6, 6.07) is 7.61. The van der Waals surface area contributed by atoms with Crippen molar-refractivity contribution >= 4 is 23.1 Å². The molecule has 0 unspecified atom stereocenters. The van der Waals surface area contributed by atoms with Gasteiger partial charge in [0.25, 0.3) is 0 Å². The summed E-state index contributed by atoms with van der Waals surface area (Å²) in [7, 11) is 0. The summed E-state index contributed by atoms with van der Waals surface area (Å²) in [6.45, 7) is 4.20. The van der Waals surface area contributed by atoms with Crippen LogP contribution in [0.15, 0.2) is 29.6 Å². The molecule has 8 heteroatoms. The van der Waals surface area contributed by atoms with E-state index in [0.717, 1.165) is 41.3 Å². The van der Waals surface area contributed by atoms with E-state index in [4.69, 9.17) is 14.5 Å². The predicted molar refractivity (Wildman–Crippen MR) is 104 cm³/mol. The normalized spacial score (nSPS) is 12.4. The molecular weight excluding hydrogens is 364 g/mol. The van der Waals surface area contributed by atoms with Gasteiger partial charge in [-0.1, -0.05) is 13.3 Å². The molecule has 0 atom stereocenters.